The normalized spacial score (nSPS) is 13.6. The number of aliphatic hydroxyl groups excluding tert-OH is 1. The first-order chi connectivity index (χ1) is 8.99. The van der Waals surface area contributed by atoms with Crippen molar-refractivity contribution in [1.82, 2.24) is 0 Å². The Morgan fingerprint density at radius 3 is 2.26 bits per heavy atom. The van der Waals surface area contributed by atoms with E-state index in [2.05, 4.69) is 6.92 Å². The predicted octanol–water partition coefficient (Wildman–Crippen LogP) is 2.39. The van der Waals surface area contributed by atoms with Crippen LogP contribution in [0.3, 0.4) is 0 Å². The maximum Gasteiger partial charge on any atom is 0.264 e. The molecular weight excluding hydrogens is 268 g/mol. The second-order valence-electron chi connectivity index (χ2n) is 4.85. The molecule has 1 atom stereocenters. The van der Waals surface area contributed by atoms with Crippen molar-refractivity contribution in [2.45, 2.75) is 64.4 Å². The Balaban J connectivity index is 3.79. The molecule has 0 amide bonds. The first-order valence-electron chi connectivity index (χ1n) is 7.17. The van der Waals surface area contributed by atoms with E-state index < -0.39 is 10.1 Å². The fraction of sp³-hybridized carbons (Fsp3) is 1.00. The van der Waals surface area contributed by atoms with Crippen LogP contribution in [0.25, 0.3) is 0 Å². The predicted molar refractivity (Wildman–Crippen MR) is 75.9 cm³/mol. The zero-order valence-electron chi connectivity index (χ0n) is 11.9. The van der Waals surface area contributed by atoms with Crippen molar-refractivity contribution >= 4 is 10.1 Å². The number of unbranched alkanes of at least 4 members (excludes halogenated alkanes) is 5. The minimum Gasteiger partial charge on any atom is -0.394 e. The molecule has 0 aromatic heterocycles. The second-order valence-corrected chi connectivity index (χ2v) is 6.42. The van der Waals surface area contributed by atoms with Gasteiger partial charge in [0.25, 0.3) is 10.1 Å². The zero-order valence-corrected chi connectivity index (χ0v) is 12.7. The molecule has 5 nitrogen and oxygen atoms in total. The molecule has 0 saturated carbocycles. The van der Waals surface area contributed by atoms with E-state index in [1.807, 2.05) is 0 Å². The van der Waals surface area contributed by atoms with Gasteiger partial charge >= 0.3 is 0 Å². The quantitative estimate of drug-likeness (QED) is 0.403. The zero-order chi connectivity index (χ0) is 14.6. The van der Waals surface area contributed by atoms with Crippen LogP contribution in [0.15, 0.2) is 0 Å². The van der Waals surface area contributed by atoms with E-state index in [1.165, 1.54) is 25.7 Å². The molecule has 2 N–H and O–H groups in total. The minimum atomic E-state index is -3.93. The maximum atomic E-state index is 10.7. The molecule has 6 heteroatoms. The maximum absolute atomic E-state index is 10.7. The Kier molecular flexibility index (Phi) is 11.5. The average Bonchev–Trinajstić information content (AvgIpc) is 2.34. The van der Waals surface area contributed by atoms with Gasteiger partial charge < -0.3 is 9.84 Å². The van der Waals surface area contributed by atoms with Gasteiger partial charge in [0.05, 0.1) is 25.1 Å². The van der Waals surface area contributed by atoms with E-state index in [9.17, 15) is 8.42 Å². The van der Waals surface area contributed by atoms with E-state index in [4.69, 9.17) is 14.4 Å². The highest BCUT2D eigenvalue weighted by Gasteiger charge is 2.13. The molecule has 116 valence electrons. The Morgan fingerprint density at radius 2 is 1.68 bits per heavy atom. The summed E-state index contributed by atoms with van der Waals surface area (Å²) in [5.41, 5.74) is 0. The lowest BCUT2D eigenvalue weighted by Crippen LogP contribution is -2.19. The van der Waals surface area contributed by atoms with Crippen molar-refractivity contribution in [3.8, 4) is 0 Å². The first-order valence-corrected chi connectivity index (χ1v) is 8.78. The lowest BCUT2D eigenvalue weighted by Gasteiger charge is -2.16. The number of aliphatic hydroxyl groups is 1. The van der Waals surface area contributed by atoms with E-state index in [-0.39, 0.29) is 31.5 Å². The number of ether oxygens (including phenoxy) is 1. The van der Waals surface area contributed by atoms with Crippen molar-refractivity contribution in [2.75, 3.05) is 19.0 Å². The highest BCUT2D eigenvalue weighted by molar-refractivity contribution is 7.85. The third-order valence-electron chi connectivity index (χ3n) is 3.02. The fourth-order valence-electron chi connectivity index (χ4n) is 1.96. The van der Waals surface area contributed by atoms with Gasteiger partial charge in [0.15, 0.2) is 0 Å². The van der Waals surface area contributed by atoms with Crippen LogP contribution in [0.2, 0.25) is 0 Å². The molecule has 0 heterocycles. The van der Waals surface area contributed by atoms with Gasteiger partial charge in [-0.15, -0.1) is 0 Å². The summed E-state index contributed by atoms with van der Waals surface area (Å²) >= 11 is 0. The smallest absolute Gasteiger partial charge is 0.264 e. The van der Waals surface area contributed by atoms with E-state index in [1.54, 1.807) is 0 Å². The molecule has 19 heavy (non-hydrogen) atoms. The molecule has 0 rings (SSSR count). The van der Waals surface area contributed by atoms with Crippen LogP contribution in [0.5, 0.6) is 0 Å². The molecule has 0 bridgehead atoms. The SMILES string of the molecule is CCCCCCCCC(CCS(=O)(=O)O)OCCO. The van der Waals surface area contributed by atoms with Crippen LogP contribution >= 0.6 is 0 Å². The Hall–Kier alpha value is -0.170. The van der Waals surface area contributed by atoms with Crippen molar-refractivity contribution in [3.63, 3.8) is 0 Å². The molecule has 0 fully saturated rings. The van der Waals surface area contributed by atoms with Crippen molar-refractivity contribution in [3.05, 3.63) is 0 Å². The summed E-state index contributed by atoms with van der Waals surface area (Å²) in [6.07, 6.45) is 7.89. The molecule has 1 unspecified atom stereocenters. The molecule has 0 aliphatic heterocycles. The van der Waals surface area contributed by atoms with Crippen molar-refractivity contribution < 1.29 is 22.8 Å². The molecular formula is C13H28O5S. The topological polar surface area (TPSA) is 83.8 Å². The monoisotopic (exact) mass is 296 g/mol. The molecule has 0 aromatic carbocycles. The Bertz CT molecular complexity index is 289. The van der Waals surface area contributed by atoms with E-state index in [0.717, 1.165) is 19.3 Å². The largest absolute Gasteiger partial charge is 0.394 e. The molecule has 0 radical (unpaired) electrons. The third-order valence-corrected chi connectivity index (χ3v) is 3.77. The molecule has 0 aromatic rings. The van der Waals surface area contributed by atoms with Crippen LogP contribution in [0, 0.1) is 0 Å². The van der Waals surface area contributed by atoms with Gasteiger partial charge in [-0.3, -0.25) is 4.55 Å². The second kappa shape index (κ2) is 11.6. The van der Waals surface area contributed by atoms with Gasteiger partial charge in [-0.25, -0.2) is 0 Å². The summed E-state index contributed by atoms with van der Waals surface area (Å²) in [6.45, 7) is 2.32. The van der Waals surface area contributed by atoms with Gasteiger partial charge in [0, 0.05) is 0 Å². The lowest BCUT2D eigenvalue weighted by molar-refractivity contribution is 0.0210. The lowest BCUT2D eigenvalue weighted by atomic mass is 10.1. The van der Waals surface area contributed by atoms with Crippen LogP contribution < -0.4 is 0 Å². The number of hydrogen-bond donors (Lipinski definition) is 2. The summed E-state index contributed by atoms with van der Waals surface area (Å²) in [5.74, 6) is -0.279. The summed E-state index contributed by atoms with van der Waals surface area (Å²) in [6, 6.07) is 0. The van der Waals surface area contributed by atoms with Crippen LogP contribution in [0.4, 0.5) is 0 Å². The van der Waals surface area contributed by atoms with Gasteiger partial charge in [0.1, 0.15) is 0 Å². The van der Waals surface area contributed by atoms with Gasteiger partial charge in [0.2, 0.25) is 0 Å². The summed E-state index contributed by atoms with van der Waals surface area (Å²) in [7, 11) is -3.93. The standard InChI is InChI=1S/C13H28O5S/c1-2-3-4-5-6-7-8-13(18-11-10-14)9-12-19(15,16)17/h13-14H,2-12H2,1H3,(H,15,16,17). The number of rotatable bonds is 13. The average molecular weight is 296 g/mol. The molecule has 0 aliphatic carbocycles. The van der Waals surface area contributed by atoms with Crippen LogP contribution in [0.1, 0.15) is 58.3 Å². The summed E-state index contributed by atoms with van der Waals surface area (Å²) < 4.78 is 35.5. The molecule has 0 aliphatic rings. The van der Waals surface area contributed by atoms with Crippen LogP contribution in [-0.4, -0.2) is 43.1 Å². The fourth-order valence-corrected chi connectivity index (χ4v) is 2.52. The highest BCUT2D eigenvalue weighted by Crippen LogP contribution is 2.13. The Labute approximate surface area is 117 Å². The van der Waals surface area contributed by atoms with Gasteiger partial charge in [-0.1, -0.05) is 45.4 Å². The minimum absolute atomic E-state index is 0.0706. The van der Waals surface area contributed by atoms with Gasteiger partial charge in [-0.05, 0) is 12.8 Å². The summed E-state index contributed by atoms with van der Waals surface area (Å²) in [5, 5.41) is 8.72. The molecule has 0 saturated heterocycles. The summed E-state index contributed by atoms with van der Waals surface area (Å²) in [4.78, 5) is 0. The van der Waals surface area contributed by atoms with E-state index >= 15 is 0 Å². The highest BCUT2D eigenvalue weighted by atomic mass is 32.2. The molecule has 0 spiro atoms. The Morgan fingerprint density at radius 1 is 1.05 bits per heavy atom. The van der Waals surface area contributed by atoms with E-state index in [0.29, 0.717) is 0 Å². The van der Waals surface area contributed by atoms with Crippen molar-refractivity contribution in [2.24, 2.45) is 0 Å². The third kappa shape index (κ3) is 14.1. The number of hydrogen-bond acceptors (Lipinski definition) is 4. The van der Waals surface area contributed by atoms with Gasteiger partial charge in [-0.2, -0.15) is 8.42 Å². The first kappa shape index (κ1) is 18.8. The van der Waals surface area contributed by atoms with Crippen molar-refractivity contribution in [1.29, 1.82) is 0 Å². The van der Waals surface area contributed by atoms with Crippen LogP contribution in [-0.2, 0) is 14.9 Å².